The van der Waals surface area contributed by atoms with Gasteiger partial charge < -0.3 is 27.9 Å². The van der Waals surface area contributed by atoms with Crippen LogP contribution in [0.15, 0.2) is 0 Å². The molecule has 23 heavy (non-hydrogen) atoms. The molecule has 0 radical (unpaired) electrons. The van der Waals surface area contributed by atoms with Crippen LogP contribution in [0.25, 0.3) is 0 Å². The van der Waals surface area contributed by atoms with Gasteiger partial charge in [0.1, 0.15) is 0 Å². The Balaban J connectivity index is -0.000000333. The van der Waals surface area contributed by atoms with Gasteiger partial charge in [0, 0.05) is 23.5 Å². The molecule has 0 aliphatic heterocycles. The number of halogens is 4. The van der Waals surface area contributed by atoms with Crippen LogP contribution in [-0.2, 0) is 27.2 Å². The Morgan fingerprint density at radius 3 is 0.913 bits per heavy atom. The van der Waals surface area contributed by atoms with Crippen LogP contribution < -0.4 is 9.79 Å². The number of phosphoric acid groups is 2. The van der Waals surface area contributed by atoms with E-state index >= 15 is 0 Å². The first-order chi connectivity index (χ1) is 10.2. The summed E-state index contributed by atoms with van der Waals surface area (Å²) in [4.78, 5) is 21.2. The van der Waals surface area contributed by atoms with E-state index < -0.39 is 15.6 Å². The third-order valence-corrected chi connectivity index (χ3v) is 3.92. The molecule has 0 saturated carbocycles. The van der Waals surface area contributed by atoms with E-state index in [2.05, 4.69) is 18.1 Å². The van der Waals surface area contributed by atoms with E-state index in [9.17, 15) is 18.9 Å². The summed E-state index contributed by atoms with van der Waals surface area (Å²) in [7, 11) is -8.29. The Kier molecular flexibility index (Phi) is 24.6. The van der Waals surface area contributed by atoms with Crippen molar-refractivity contribution < 1.29 is 37.0 Å². The molecular formula is C8H16Cl4MgO8P2. The first-order valence-corrected chi connectivity index (χ1v) is 10.7. The quantitative estimate of drug-likeness (QED) is 0.241. The number of phosphoric ester groups is 2. The van der Waals surface area contributed by atoms with Gasteiger partial charge in [-0.3, -0.25) is 9.13 Å². The molecule has 8 nitrogen and oxygen atoms in total. The smallest absolute Gasteiger partial charge is 0.756 e. The van der Waals surface area contributed by atoms with E-state index in [4.69, 9.17) is 46.4 Å². The number of alkyl halides is 4. The number of hydrogen-bond acceptors (Lipinski definition) is 8. The third-order valence-electron chi connectivity index (χ3n) is 1.31. The van der Waals surface area contributed by atoms with Crippen LogP contribution in [0.1, 0.15) is 0 Å². The fraction of sp³-hybridized carbons (Fsp3) is 1.00. The van der Waals surface area contributed by atoms with E-state index in [1.165, 1.54) is 0 Å². The van der Waals surface area contributed by atoms with E-state index in [1.54, 1.807) is 0 Å². The van der Waals surface area contributed by atoms with Crippen molar-refractivity contribution in [3.8, 4) is 0 Å². The Bertz CT molecular complexity index is 298. The van der Waals surface area contributed by atoms with E-state index in [-0.39, 0.29) is 73.0 Å². The minimum Gasteiger partial charge on any atom is -0.756 e. The molecule has 0 fully saturated rings. The molecule has 0 aromatic heterocycles. The van der Waals surface area contributed by atoms with Crippen LogP contribution in [0.2, 0.25) is 0 Å². The first kappa shape index (κ1) is 29.9. The average Bonchev–Trinajstić information content (AvgIpc) is 2.48. The fourth-order valence-corrected chi connectivity index (χ4v) is 2.81. The van der Waals surface area contributed by atoms with Gasteiger partial charge in [-0.15, -0.1) is 46.4 Å². The molecule has 0 aromatic carbocycles. The zero-order valence-corrected chi connectivity index (χ0v) is 18.3. The predicted molar refractivity (Wildman–Crippen MR) is 87.7 cm³/mol. The minimum atomic E-state index is -4.14. The summed E-state index contributed by atoms with van der Waals surface area (Å²) in [6.07, 6.45) is 0. The number of rotatable bonds is 12. The third kappa shape index (κ3) is 24.1. The summed E-state index contributed by atoms with van der Waals surface area (Å²) in [5, 5.41) is 0. The van der Waals surface area contributed by atoms with Gasteiger partial charge in [-0.1, -0.05) is 0 Å². The Morgan fingerprint density at radius 2 is 0.783 bits per heavy atom. The van der Waals surface area contributed by atoms with Gasteiger partial charge in [-0.2, -0.15) is 0 Å². The van der Waals surface area contributed by atoms with Gasteiger partial charge in [-0.05, 0) is 0 Å². The molecule has 0 bridgehead atoms. The second kappa shape index (κ2) is 18.9. The molecule has 15 heteroatoms. The Morgan fingerprint density at radius 1 is 0.609 bits per heavy atom. The maximum atomic E-state index is 10.6. The van der Waals surface area contributed by atoms with Crippen molar-refractivity contribution in [2.45, 2.75) is 0 Å². The van der Waals surface area contributed by atoms with Crippen LogP contribution in [0.4, 0.5) is 0 Å². The molecule has 0 spiro atoms. The SMILES string of the molecule is O=P([O-])(OCCCl)OCCCl.O=P([O-])(OCCCl)OCCCl.[Mg+2]. The minimum absolute atomic E-state index is 0. The van der Waals surface area contributed by atoms with Crippen molar-refractivity contribution >= 4 is 85.1 Å². The molecule has 136 valence electrons. The fourth-order valence-electron chi connectivity index (χ4n) is 0.660. The molecule has 0 aliphatic carbocycles. The van der Waals surface area contributed by atoms with Crippen molar-refractivity contribution in [3.05, 3.63) is 0 Å². The maximum absolute atomic E-state index is 10.6. The molecule has 0 N–H and O–H groups in total. The van der Waals surface area contributed by atoms with Crippen molar-refractivity contribution in [2.75, 3.05) is 49.9 Å². The molecule has 0 saturated heterocycles. The summed E-state index contributed by atoms with van der Waals surface area (Å²) in [5.41, 5.74) is 0. The average molecular weight is 468 g/mol. The number of hydrogen-bond donors (Lipinski definition) is 0. The predicted octanol–water partition coefficient (Wildman–Crippen LogP) is 1.55. The summed E-state index contributed by atoms with van der Waals surface area (Å²) in [6.45, 7) is -0.315. The Labute approximate surface area is 171 Å². The topological polar surface area (TPSA) is 117 Å². The zero-order valence-electron chi connectivity index (χ0n) is 12.0. The molecule has 0 unspecified atom stereocenters. The van der Waals surface area contributed by atoms with E-state index in [0.717, 1.165) is 0 Å². The van der Waals surface area contributed by atoms with Crippen LogP contribution in [0.5, 0.6) is 0 Å². The monoisotopic (exact) mass is 466 g/mol. The summed E-state index contributed by atoms with van der Waals surface area (Å²) in [6, 6.07) is 0. The largest absolute Gasteiger partial charge is 2.00 e. The maximum Gasteiger partial charge on any atom is 2.00 e. The molecule has 0 heterocycles. The second-order valence-electron chi connectivity index (χ2n) is 2.98. The molecule has 0 amide bonds. The van der Waals surface area contributed by atoms with Crippen molar-refractivity contribution in [3.63, 3.8) is 0 Å². The Hall–Kier alpha value is 2.15. The van der Waals surface area contributed by atoms with Gasteiger partial charge in [0.05, 0.1) is 26.4 Å². The van der Waals surface area contributed by atoms with Crippen molar-refractivity contribution in [1.29, 1.82) is 0 Å². The van der Waals surface area contributed by atoms with Crippen molar-refractivity contribution in [2.24, 2.45) is 0 Å². The van der Waals surface area contributed by atoms with Gasteiger partial charge in [0.25, 0.3) is 15.6 Å². The molecular weight excluding hydrogens is 452 g/mol. The van der Waals surface area contributed by atoms with Gasteiger partial charge in [-0.25, -0.2) is 0 Å². The molecule has 0 atom stereocenters. The van der Waals surface area contributed by atoms with E-state index in [0.29, 0.717) is 0 Å². The van der Waals surface area contributed by atoms with Gasteiger partial charge in [0.15, 0.2) is 0 Å². The van der Waals surface area contributed by atoms with Crippen molar-refractivity contribution in [1.82, 2.24) is 0 Å². The summed E-state index contributed by atoms with van der Waals surface area (Å²) >= 11 is 20.7. The first-order valence-electron chi connectivity index (χ1n) is 5.68. The van der Waals surface area contributed by atoms with Crippen LogP contribution >= 0.6 is 62.0 Å². The molecule has 0 rings (SSSR count). The normalized spacial score (nSPS) is 11.4. The molecule has 0 aliphatic rings. The summed E-state index contributed by atoms with van der Waals surface area (Å²) < 4.78 is 38.3. The van der Waals surface area contributed by atoms with Crippen LogP contribution in [0, 0.1) is 0 Å². The zero-order chi connectivity index (χ0) is 17.5. The molecule has 0 aromatic rings. The van der Waals surface area contributed by atoms with Crippen LogP contribution in [-0.4, -0.2) is 73.0 Å². The van der Waals surface area contributed by atoms with Gasteiger partial charge in [0.2, 0.25) is 0 Å². The van der Waals surface area contributed by atoms with Crippen LogP contribution in [0.3, 0.4) is 0 Å². The van der Waals surface area contributed by atoms with E-state index in [1.807, 2.05) is 0 Å². The standard InChI is InChI=1S/2C4H9Cl2O4P.Mg/c2*5-1-3-9-11(7,8)10-4-2-6;/h2*1-4H2,(H,7,8);/q;;+2/p-2. The summed E-state index contributed by atoms with van der Waals surface area (Å²) in [5.74, 6) is 0.430. The second-order valence-corrected chi connectivity index (χ2v) is 7.32. The van der Waals surface area contributed by atoms with Gasteiger partial charge >= 0.3 is 23.1 Å².